The number of ether oxygens (including phenoxy) is 2. The van der Waals surface area contributed by atoms with Crippen LogP contribution in [0, 0.1) is 6.92 Å². The number of benzene rings is 2. The molecule has 2 unspecified atom stereocenters. The van der Waals surface area contributed by atoms with Crippen LogP contribution in [0.15, 0.2) is 70.6 Å². The summed E-state index contributed by atoms with van der Waals surface area (Å²) in [6.07, 6.45) is -0.640. The summed E-state index contributed by atoms with van der Waals surface area (Å²) in [6, 6.07) is 18.5. The summed E-state index contributed by atoms with van der Waals surface area (Å²) in [5.74, 6) is -1.81. The number of nitrogens with zero attached hydrogens (tertiary/aromatic N) is 3. The van der Waals surface area contributed by atoms with Gasteiger partial charge < -0.3 is 9.47 Å². The van der Waals surface area contributed by atoms with Crippen LogP contribution in [-0.4, -0.2) is 27.1 Å². The van der Waals surface area contributed by atoms with E-state index in [1.165, 1.54) is 4.68 Å². The minimum atomic E-state index is -1.21. The van der Waals surface area contributed by atoms with Gasteiger partial charge in [-0.2, -0.15) is 5.10 Å². The number of aromatic nitrogens is 2. The predicted molar refractivity (Wildman–Crippen MR) is 117 cm³/mol. The van der Waals surface area contributed by atoms with E-state index < -0.39 is 17.9 Å². The van der Waals surface area contributed by atoms with Crippen molar-refractivity contribution in [3.63, 3.8) is 0 Å². The van der Waals surface area contributed by atoms with E-state index in [0.29, 0.717) is 5.69 Å². The van der Waals surface area contributed by atoms with Crippen LogP contribution in [0.1, 0.15) is 25.1 Å². The Morgan fingerprint density at radius 3 is 2.26 bits per heavy atom. The molecule has 8 nitrogen and oxygen atoms in total. The third kappa shape index (κ3) is 3.66. The maximum Gasteiger partial charge on any atom is 0.360 e. The molecule has 2 atom stereocenters. The molecule has 1 saturated heterocycles. The van der Waals surface area contributed by atoms with Crippen molar-refractivity contribution in [2.24, 2.45) is 12.1 Å². The molecule has 0 spiro atoms. The van der Waals surface area contributed by atoms with Crippen LogP contribution in [0.4, 0.5) is 5.69 Å². The number of rotatable bonds is 4. The summed E-state index contributed by atoms with van der Waals surface area (Å²) in [4.78, 5) is 25.7. The highest BCUT2D eigenvalue weighted by atomic mass is 16.7. The lowest BCUT2D eigenvalue weighted by Crippen LogP contribution is -2.48. The average Bonchev–Trinajstić information content (AvgIpc) is 2.97. The fraction of sp³-hybridized carbons (Fsp3) is 0.261. The smallest absolute Gasteiger partial charge is 0.360 e. The Morgan fingerprint density at radius 1 is 1.03 bits per heavy atom. The largest absolute Gasteiger partial charge is 0.424 e. The number of esters is 1. The first kappa shape index (κ1) is 20.6. The lowest BCUT2D eigenvalue weighted by atomic mass is 10.1. The van der Waals surface area contributed by atoms with E-state index >= 15 is 0 Å². The zero-order valence-corrected chi connectivity index (χ0v) is 17.8. The van der Waals surface area contributed by atoms with Crippen LogP contribution in [0.25, 0.3) is 5.69 Å². The number of cyclic esters (lactones) is 1. The summed E-state index contributed by atoms with van der Waals surface area (Å²) in [5, 5.41) is 4.18. The van der Waals surface area contributed by atoms with Crippen molar-refractivity contribution in [2.45, 2.75) is 32.7 Å². The van der Waals surface area contributed by atoms with Gasteiger partial charge in [0.1, 0.15) is 11.8 Å². The molecule has 4 rings (SSSR count). The molecule has 1 aliphatic heterocycles. The lowest BCUT2D eigenvalue weighted by Gasteiger charge is -2.37. The van der Waals surface area contributed by atoms with Crippen LogP contribution in [0.3, 0.4) is 0 Å². The summed E-state index contributed by atoms with van der Waals surface area (Å²) in [5.41, 5.74) is 4.95. The number of hydrazone groups is 1. The molecule has 1 aromatic heterocycles. The Morgan fingerprint density at radius 2 is 1.65 bits per heavy atom. The molecular weight excluding hydrogens is 396 g/mol. The van der Waals surface area contributed by atoms with Crippen molar-refractivity contribution < 1.29 is 14.3 Å². The minimum Gasteiger partial charge on any atom is -0.424 e. The van der Waals surface area contributed by atoms with Gasteiger partial charge in [-0.3, -0.25) is 14.9 Å². The van der Waals surface area contributed by atoms with E-state index in [4.69, 9.17) is 9.47 Å². The molecule has 8 heteroatoms. The molecule has 3 aromatic rings. The van der Waals surface area contributed by atoms with Crippen molar-refractivity contribution >= 4 is 17.4 Å². The first-order valence-corrected chi connectivity index (χ1v) is 9.96. The highest BCUT2D eigenvalue weighted by Crippen LogP contribution is 2.32. The average molecular weight is 420 g/mol. The SMILES string of the molecule is Cc1c(N/N=C2/C(=O)OC(C)(c3ccccc3)OC2C)c(=O)n(-c2ccccc2)n1C. The molecule has 1 fully saturated rings. The number of carbonyl (C=O) groups is 1. The molecule has 0 amide bonds. The maximum absolute atomic E-state index is 13.0. The molecule has 160 valence electrons. The van der Waals surface area contributed by atoms with Crippen molar-refractivity contribution in [1.82, 2.24) is 9.36 Å². The van der Waals surface area contributed by atoms with Gasteiger partial charge in [0.05, 0.1) is 11.4 Å². The number of anilines is 1. The first-order valence-electron chi connectivity index (χ1n) is 9.96. The fourth-order valence-electron chi connectivity index (χ4n) is 3.63. The number of carbonyl (C=O) groups excluding carboxylic acids is 1. The summed E-state index contributed by atoms with van der Waals surface area (Å²) in [7, 11) is 1.79. The fourth-order valence-corrected chi connectivity index (χ4v) is 3.63. The van der Waals surface area contributed by atoms with E-state index in [1.54, 1.807) is 32.5 Å². The van der Waals surface area contributed by atoms with Gasteiger partial charge in [0.15, 0.2) is 5.71 Å². The van der Waals surface area contributed by atoms with Gasteiger partial charge in [-0.15, -0.1) is 0 Å². The standard InChI is InChI=1S/C23H24N4O4/c1-15-19(21(28)27(26(15)4)18-13-9-6-10-14-18)24-25-20-16(2)30-23(3,31-22(20)29)17-11-7-5-8-12-17/h5-14,16,24H,1-4H3/b25-20+. The van der Waals surface area contributed by atoms with Gasteiger partial charge in [-0.25, -0.2) is 9.48 Å². The Hall–Kier alpha value is -3.65. The van der Waals surface area contributed by atoms with Gasteiger partial charge in [0.2, 0.25) is 5.79 Å². The Kier molecular flexibility index (Phi) is 5.24. The Balaban J connectivity index is 1.62. The Bertz CT molecular complexity index is 1200. The summed E-state index contributed by atoms with van der Waals surface area (Å²) >= 11 is 0. The van der Waals surface area contributed by atoms with Crippen molar-refractivity contribution in [2.75, 3.05) is 5.43 Å². The molecule has 1 N–H and O–H groups in total. The molecule has 0 aliphatic carbocycles. The van der Waals surface area contributed by atoms with Crippen LogP contribution in [0.5, 0.6) is 0 Å². The van der Waals surface area contributed by atoms with Gasteiger partial charge in [0, 0.05) is 19.5 Å². The van der Waals surface area contributed by atoms with Crippen LogP contribution < -0.4 is 11.0 Å². The van der Waals surface area contributed by atoms with E-state index in [2.05, 4.69) is 10.5 Å². The molecule has 0 radical (unpaired) electrons. The molecule has 31 heavy (non-hydrogen) atoms. The van der Waals surface area contributed by atoms with Crippen molar-refractivity contribution in [1.29, 1.82) is 0 Å². The van der Waals surface area contributed by atoms with Crippen molar-refractivity contribution in [3.05, 3.63) is 82.3 Å². The molecule has 0 saturated carbocycles. The zero-order chi connectivity index (χ0) is 22.2. The quantitative estimate of drug-likeness (QED) is 0.518. The molecule has 0 bridgehead atoms. The van der Waals surface area contributed by atoms with E-state index in [9.17, 15) is 9.59 Å². The topological polar surface area (TPSA) is 86.9 Å². The van der Waals surface area contributed by atoms with Gasteiger partial charge in [0.25, 0.3) is 5.56 Å². The molecule has 2 heterocycles. The van der Waals surface area contributed by atoms with E-state index in [1.807, 2.05) is 60.7 Å². The maximum atomic E-state index is 13.0. The third-order valence-electron chi connectivity index (χ3n) is 5.42. The van der Waals surface area contributed by atoms with Crippen LogP contribution >= 0.6 is 0 Å². The summed E-state index contributed by atoms with van der Waals surface area (Å²) < 4.78 is 14.8. The highest BCUT2D eigenvalue weighted by molar-refractivity contribution is 6.38. The van der Waals surface area contributed by atoms with Crippen LogP contribution in [-0.2, 0) is 27.1 Å². The number of hydrogen-bond acceptors (Lipinski definition) is 6. The highest BCUT2D eigenvalue weighted by Gasteiger charge is 2.43. The predicted octanol–water partition coefficient (Wildman–Crippen LogP) is 3.09. The Labute approximate surface area is 179 Å². The number of para-hydroxylation sites is 1. The number of nitrogens with one attached hydrogen (secondary N) is 1. The van der Waals surface area contributed by atoms with Crippen LogP contribution in [0.2, 0.25) is 0 Å². The van der Waals surface area contributed by atoms with E-state index in [0.717, 1.165) is 11.3 Å². The second kappa shape index (κ2) is 7.88. The molecular formula is C23H24N4O4. The number of hydrogen-bond donors (Lipinski definition) is 1. The zero-order valence-electron chi connectivity index (χ0n) is 17.8. The second-order valence-electron chi connectivity index (χ2n) is 7.51. The lowest BCUT2D eigenvalue weighted by molar-refractivity contribution is -0.244. The normalized spacial score (nSPS) is 22.4. The molecule has 2 aromatic carbocycles. The first-order chi connectivity index (χ1) is 14.8. The van der Waals surface area contributed by atoms with Gasteiger partial charge >= 0.3 is 5.97 Å². The molecule has 1 aliphatic rings. The third-order valence-corrected chi connectivity index (χ3v) is 5.42. The minimum absolute atomic E-state index is 0.0577. The van der Waals surface area contributed by atoms with Gasteiger partial charge in [-0.05, 0) is 26.0 Å². The second-order valence-corrected chi connectivity index (χ2v) is 7.51. The van der Waals surface area contributed by atoms with Crippen molar-refractivity contribution in [3.8, 4) is 5.69 Å². The summed E-state index contributed by atoms with van der Waals surface area (Å²) in [6.45, 7) is 5.22. The van der Waals surface area contributed by atoms with E-state index in [-0.39, 0.29) is 17.0 Å². The van der Waals surface area contributed by atoms with Gasteiger partial charge in [-0.1, -0.05) is 48.5 Å². The monoisotopic (exact) mass is 420 g/mol.